The van der Waals surface area contributed by atoms with Gasteiger partial charge < -0.3 is 23.9 Å². The Morgan fingerprint density at radius 1 is 0.750 bits per heavy atom. The number of aryl methyl sites for hydroxylation is 3. The van der Waals surface area contributed by atoms with Crippen molar-refractivity contribution in [2.24, 2.45) is 0 Å². The van der Waals surface area contributed by atoms with Gasteiger partial charge >= 0.3 is 0 Å². The molecule has 0 radical (unpaired) electrons. The van der Waals surface area contributed by atoms with Crippen molar-refractivity contribution in [3.63, 3.8) is 0 Å². The first-order chi connectivity index (χ1) is 8.97. The summed E-state index contributed by atoms with van der Waals surface area (Å²) in [5.74, 6) is 0. The summed E-state index contributed by atoms with van der Waals surface area (Å²) < 4.78 is 0. The molecule has 1 aromatic heterocycles. The van der Waals surface area contributed by atoms with Gasteiger partial charge in [0.15, 0.2) is 0 Å². The van der Waals surface area contributed by atoms with E-state index in [0.29, 0.717) is 0 Å². The summed E-state index contributed by atoms with van der Waals surface area (Å²) in [6.07, 6.45) is 0. The fraction of sp³-hybridized carbons (Fsp3) is 0.188. The van der Waals surface area contributed by atoms with Crippen LogP contribution in [0.3, 0.4) is 0 Å². The van der Waals surface area contributed by atoms with Crippen molar-refractivity contribution in [1.29, 1.82) is 0 Å². The minimum atomic E-state index is 0. The van der Waals surface area contributed by atoms with E-state index < -0.39 is 0 Å². The van der Waals surface area contributed by atoms with Crippen LogP contribution >= 0.6 is 0 Å². The highest BCUT2D eigenvalue weighted by atomic mass is 35.5. The van der Waals surface area contributed by atoms with Gasteiger partial charge in [-0.1, -0.05) is 0 Å². The number of halogens is 1. The number of nitrogens with two attached hydrogens (primary N) is 2. The predicted octanol–water partition coefficient (Wildman–Crippen LogP) is 0.482. The van der Waals surface area contributed by atoms with Crippen LogP contribution in [0.1, 0.15) is 16.7 Å². The summed E-state index contributed by atoms with van der Waals surface area (Å²) in [4.78, 5) is 4.68. The van der Waals surface area contributed by atoms with Gasteiger partial charge in [0.25, 0.3) is 0 Å². The van der Waals surface area contributed by atoms with E-state index in [2.05, 4.69) is 24.0 Å². The summed E-state index contributed by atoms with van der Waals surface area (Å²) in [6.45, 7) is 6.16. The third kappa shape index (κ3) is 2.04. The van der Waals surface area contributed by atoms with E-state index in [1.807, 2.05) is 26.0 Å². The second kappa shape index (κ2) is 4.84. The largest absolute Gasteiger partial charge is 1.00 e. The Morgan fingerprint density at radius 3 is 1.55 bits per heavy atom. The van der Waals surface area contributed by atoms with Crippen molar-refractivity contribution in [3.8, 4) is 0 Å². The van der Waals surface area contributed by atoms with Crippen LogP contribution in [0.5, 0.6) is 0 Å². The third-order valence-electron chi connectivity index (χ3n) is 3.82. The SMILES string of the molecule is Cc1cc2c(C)c3cc(C)c(N)cc3nc2cc1N.[Cl-]. The van der Waals surface area contributed by atoms with E-state index in [4.69, 9.17) is 11.5 Å². The molecule has 1 heterocycles. The molecule has 0 unspecified atom stereocenters. The molecular weight excluding hydrogens is 270 g/mol. The fourth-order valence-corrected chi connectivity index (χ4v) is 2.49. The van der Waals surface area contributed by atoms with Crippen molar-refractivity contribution in [1.82, 2.24) is 4.98 Å². The molecule has 3 nitrogen and oxygen atoms in total. The van der Waals surface area contributed by atoms with E-state index >= 15 is 0 Å². The molecular formula is C16H17ClN3-. The number of hydrogen-bond acceptors (Lipinski definition) is 3. The number of hydrogen-bond donors (Lipinski definition) is 2. The van der Waals surface area contributed by atoms with Crippen LogP contribution in [0.25, 0.3) is 21.8 Å². The normalized spacial score (nSPS) is 10.8. The Labute approximate surface area is 124 Å². The van der Waals surface area contributed by atoms with Gasteiger partial charge in [-0.25, -0.2) is 4.98 Å². The van der Waals surface area contributed by atoms with E-state index in [9.17, 15) is 0 Å². The molecule has 0 saturated heterocycles. The average Bonchev–Trinajstić information content (AvgIpc) is 2.35. The first kappa shape index (κ1) is 14.4. The van der Waals surface area contributed by atoms with Crippen LogP contribution in [0.15, 0.2) is 24.3 Å². The molecule has 0 fully saturated rings. The maximum atomic E-state index is 5.97. The Balaban J connectivity index is 0.00000147. The first-order valence-electron chi connectivity index (χ1n) is 6.33. The van der Waals surface area contributed by atoms with Crippen molar-refractivity contribution in [2.75, 3.05) is 11.5 Å². The van der Waals surface area contributed by atoms with Crippen LogP contribution in [0.4, 0.5) is 11.4 Å². The first-order valence-corrected chi connectivity index (χ1v) is 6.33. The Hall–Kier alpha value is -2.00. The fourth-order valence-electron chi connectivity index (χ4n) is 2.49. The monoisotopic (exact) mass is 286 g/mol. The van der Waals surface area contributed by atoms with E-state index in [1.54, 1.807) is 0 Å². The summed E-state index contributed by atoms with van der Waals surface area (Å²) in [5.41, 5.74) is 18.7. The van der Waals surface area contributed by atoms with Gasteiger partial charge in [-0.3, -0.25) is 0 Å². The van der Waals surface area contributed by atoms with Crippen molar-refractivity contribution >= 4 is 33.2 Å². The highest BCUT2D eigenvalue weighted by molar-refractivity contribution is 5.99. The molecule has 104 valence electrons. The van der Waals surface area contributed by atoms with Gasteiger partial charge in [0.1, 0.15) is 0 Å². The second-order valence-corrected chi connectivity index (χ2v) is 5.19. The minimum absolute atomic E-state index is 0. The number of nitrogens with zero attached hydrogens (tertiary/aromatic N) is 1. The molecule has 20 heavy (non-hydrogen) atoms. The lowest BCUT2D eigenvalue weighted by molar-refractivity contribution is -0.00000406. The van der Waals surface area contributed by atoms with Gasteiger partial charge in [-0.2, -0.15) is 0 Å². The maximum absolute atomic E-state index is 5.97. The van der Waals surface area contributed by atoms with Crippen LogP contribution < -0.4 is 23.9 Å². The maximum Gasteiger partial charge on any atom is 0.0733 e. The quantitative estimate of drug-likeness (QED) is 0.467. The molecule has 3 rings (SSSR count). The second-order valence-electron chi connectivity index (χ2n) is 5.19. The molecule has 0 spiro atoms. The number of pyridine rings is 1. The highest BCUT2D eigenvalue weighted by Gasteiger charge is 2.09. The van der Waals surface area contributed by atoms with Gasteiger partial charge in [0.05, 0.1) is 11.0 Å². The zero-order chi connectivity index (χ0) is 13.7. The van der Waals surface area contributed by atoms with E-state index in [-0.39, 0.29) is 12.4 Å². The lowest BCUT2D eigenvalue weighted by atomic mass is 9.99. The lowest BCUT2D eigenvalue weighted by Crippen LogP contribution is -3.00. The van der Waals surface area contributed by atoms with Gasteiger partial charge in [0, 0.05) is 22.1 Å². The standard InChI is InChI=1S/C16H17N3.ClH/c1-8-4-11-10(3)12-5-9(2)14(18)7-16(12)19-15(11)6-13(8)17;/h4-7H,17-18H2,1-3H3;1H/p-1. The average molecular weight is 287 g/mol. The highest BCUT2D eigenvalue weighted by Crippen LogP contribution is 2.30. The predicted molar refractivity (Wildman–Crippen MR) is 82.3 cm³/mol. The zero-order valence-corrected chi connectivity index (χ0v) is 12.5. The molecule has 4 N–H and O–H groups in total. The number of anilines is 2. The molecule has 2 aromatic carbocycles. The van der Waals surface area contributed by atoms with Gasteiger partial charge in [0.2, 0.25) is 0 Å². The molecule has 4 heteroatoms. The number of nitrogen functional groups attached to an aromatic ring is 2. The smallest absolute Gasteiger partial charge is 0.0733 e. The number of fused-ring (bicyclic) bond motifs is 2. The summed E-state index contributed by atoms with van der Waals surface area (Å²) in [6, 6.07) is 8.09. The van der Waals surface area contributed by atoms with Gasteiger partial charge in [-0.05, 0) is 61.7 Å². The molecule has 0 aliphatic carbocycles. The van der Waals surface area contributed by atoms with Crippen LogP contribution in [0, 0.1) is 20.8 Å². The zero-order valence-electron chi connectivity index (χ0n) is 11.8. The molecule has 0 atom stereocenters. The lowest BCUT2D eigenvalue weighted by Gasteiger charge is -2.11. The molecule has 0 saturated carbocycles. The molecule has 0 aliphatic rings. The molecule has 0 aliphatic heterocycles. The molecule has 0 amide bonds. The van der Waals surface area contributed by atoms with Crippen molar-refractivity contribution in [2.45, 2.75) is 20.8 Å². The van der Waals surface area contributed by atoms with Gasteiger partial charge in [-0.15, -0.1) is 0 Å². The molecule has 0 bridgehead atoms. The number of benzene rings is 2. The summed E-state index contributed by atoms with van der Waals surface area (Å²) >= 11 is 0. The summed E-state index contributed by atoms with van der Waals surface area (Å²) in [5, 5.41) is 2.31. The van der Waals surface area contributed by atoms with Crippen molar-refractivity contribution in [3.05, 3.63) is 41.0 Å². The minimum Gasteiger partial charge on any atom is -1.00 e. The topological polar surface area (TPSA) is 64.9 Å². The van der Waals surface area contributed by atoms with Crippen LogP contribution in [0.2, 0.25) is 0 Å². The van der Waals surface area contributed by atoms with E-state index in [1.165, 1.54) is 5.56 Å². The van der Waals surface area contributed by atoms with Crippen LogP contribution in [-0.2, 0) is 0 Å². The Morgan fingerprint density at radius 2 is 1.15 bits per heavy atom. The third-order valence-corrected chi connectivity index (χ3v) is 3.82. The number of aromatic nitrogens is 1. The summed E-state index contributed by atoms with van der Waals surface area (Å²) in [7, 11) is 0. The number of rotatable bonds is 0. The Kier molecular flexibility index (Phi) is 3.48. The van der Waals surface area contributed by atoms with Crippen LogP contribution in [-0.4, -0.2) is 4.98 Å². The van der Waals surface area contributed by atoms with Crippen molar-refractivity contribution < 1.29 is 12.4 Å². The Bertz CT molecular complexity index is 759. The molecule has 3 aromatic rings. The van der Waals surface area contributed by atoms with E-state index in [0.717, 1.165) is 44.3 Å².